The zero-order valence-electron chi connectivity index (χ0n) is 16.8. The molecule has 4 rings (SSSR count). The quantitative estimate of drug-likeness (QED) is 0.659. The van der Waals surface area contributed by atoms with Crippen molar-refractivity contribution in [3.8, 4) is 5.82 Å². The van der Waals surface area contributed by atoms with Crippen LogP contribution in [0.25, 0.3) is 5.82 Å². The number of aromatic nitrogens is 4. The summed E-state index contributed by atoms with van der Waals surface area (Å²) in [5.41, 5.74) is 2.10. The lowest BCUT2D eigenvalue weighted by Gasteiger charge is -2.35. The minimum Gasteiger partial charge on any atom is -0.352 e. The van der Waals surface area contributed by atoms with Crippen LogP contribution in [-0.2, 0) is 11.2 Å². The Bertz CT molecular complexity index is 1060. The van der Waals surface area contributed by atoms with Gasteiger partial charge in [-0.1, -0.05) is 6.07 Å². The third kappa shape index (κ3) is 4.14. The van der Waals surface area contributed by atoms with E-state index >= 15 is 0 Å². The summed E-state index contributed by atoms with van der Waals surface area (Å²) in [7, 11) is 0. The lowest BCUT2D eigenvalue weighted by molar-refractivity contribution is -0.130. The van der Waals surface area contributed by atoms with Gasteiger partial charge in [0.1, 0.15) is 11.6 Å². The Morgan fingerprint density at radius 3 is 2.27 bits per heavy atom. The van der Waals surface area contributed by atoms with Gasteiger partial charge in [-0.15, -0.1) is 10.2 Å². The highest BCUT2D eigenvalue weighted by molar-refractivity contribution is 5.79. The number of carbonyl (C=O) groups is 1. The van der Waals surface area contributed by atoms with E-state index in [1.165, 1.54) is 6.07 Å². The molecule has 0 saturated carbocycles. The van der Waals surface area contributed by atoms with E-state index in [1.54, 1.807) is 9.58 Å². The minimum absolute atomic E-state index is 0.0801. The summed E-state index contributed by atoms with van der Waals surface area (Å²) in [6.45, 7) is 6.10. The molecule has 0 N–H and O–H groups in total. The van der Waals surface area contributed by atoms with Crippen molar-refractivity contribution >= 4 is 11.7 Å². The Balaban J connectivity index is 1.36. The van der Waals surface area contributed by atoms with Crippen LogP contribution in [0.5, 0.6) is 0 Å². The van der Waals surface area contributed by atoms with Crippen LogP contribution in [0.4, 0.5) is 14.6 Å². The van der Waals surface area contributed by atoms with Crippen molar-refractivity contribution < 1.29 is 13.6 Å². The fourth-order valence-electron chi connectivity index (χ4n) is 3.59. The normalized spacial score (nSPS) is 14.3. The molecule has 1 aromatic carbocycles. The van der Waals surface area contributed by atoms with Gasteiger partial charge in [-0.05, 0) is 43.7 Å². The molecular formula is C21H22F2N6O. The molecule has 1 amide bonds. The Hall–Kier alpha value is -3.36. The van der Waals surface area contributed by atoms with Gasteiger partial charge in [-0.25, -0.2) is 13.5 Å². The lowest BCUT2D eigenvalue weighted by atomic mass is 10.1. The van der Waals surface area contributed by atoms with E-state index in [4.69, 9.17) is 0 Å². The van der Waals surface area contributed by atoms with Gasteiger partial charge in [-0.3, -0.25) is 4.79 Å². The van der Waals surface area contributed by atoms with Gasteiger partial charge in [-0.2, -0.15) is 5.10 Å². The summed E-state index contributed by atoms with van der Waals surface area (Å²) in [5, 5.41) is 13.0. The number of anilines is 1. The number of benzene rings is 1. The van der Waals surface area contributed by atoms with Gasteiger partial charge >= 0.3 is 0 Å². The van der Waals surface area contributed by atoms with Crippen molar-refractivity contribution in [2.75, 3.05) is 31.1 Å². The van der Waals surface area contributed by atoms with Gasteiger partial charge in [0.15, 0.2) is 11.6 Å². The number of carbonyl (C=O) groups excluding carboxylic acids is 1. The molecule has 156 valence electrons. The fourth-order valence-corrected chi connectivity index (χ4v) is 3.59. The first-order chi connectivity index (χ1) is 14.4. The van der Waals surface area contributed by atoms with Crippen LogP contribution in [0, 0.1) is 25.5 Å². The second kappa shape index (κ2) is 8.17. The molecule has 0 bridgehead atoms. The molecule has 3 heterocycles. The van der Waals surface area contributed by atoms with Crippen LogP contribution in [0.15, 0.2) is 36.4 Å². The van der Waals surface area contributed by atoms with E-state index in [0.717, 1.165) is 29.3 Å². The van der Waals surface area contributed by atoms with Crippen molar-refractivity contribution in [2.45, 2.75) is 20.3 Å². The Morgan fingerprint density at radius 2 is 1.67 bits per heavy atom. The van der Waals surface area contributed by atoms with Crippen LogP contribution < -0.4 is 4.90 Å². The summed E-state index contributed by atoms with van der Waals surface area (Å²) in [5.74, 6) is -0.134. The average molecular weight is 412 g/mol. The molecule has 0 spiro atoms. The van der Waals surface area contributed by atoms with Crippen molar-refractivity contribution in [2.24, 2.45) is 0 Å². The van der Waals surface area contributed by atoms with Crippen LogP contribution in [0.1, 0.15) is 17.0 Å². The number of piperazine rings is 1. The fraction of sp³-hybridized carbons (Fsp3) is 0.333. The summed E-state index contributed by atoms with van der Waals surface area (Å²) in [6.07, 6.45) is -0.0801. The largest absolute Gasteiger partial charge is 0.352 e. The highest BCUT2D eigenvalue weighted by Gasteiger charge is 2.23. The number of amides is 1. The maximum atomic E-state index is 13.8. The van der Waals surface area contributed by atoms with Gasteiger partial charge in [0.2, 0.25) is 5.91 Å². The van der Waals surface area contributed by atoms with E-state index < -0.39 is 11.6 Å². The molecule has 0 unspecified atom stereocenters. The van der Waals surface area contributed by atoms with E-state index in [1.807, 2.05) is 32.0 Å². The number of rotatable bonds is 4. The first-order valence-corrected chi connectivity index (χ1v) is 9.75. The number of hydrogen-bond donors (Lipinski definition) is 0. The Morgan fingerprint density at radius 1 is 0.967 bits per heavy atom. The Kier molecular flexibility index (Phi) is 5.43. The second-order valence-electron chi connectivity index (χ2n) is 7.37. The standard InChI is InChI=1S/C21H22F2N6O/c1-14-11-15(2)29(26-14)20-6-5-19(24-25-20)27-7-9-28(10-8-27)21(30)12-16-3-4-17(22)13-18(16)23/h3-6,11,13H,7-10,12H2,1-2H3. The van der Waals surface area contributed by atoms with E-state index in [-0.39, 0.29) is 17.9 Å². The van der Waals surface area contributed by atoms with Gasteiger partial charge < -0.3 is 9.80 Å². The van der Waals surface area contributed by atoms with E-state index in [2.05, 4.69) is 20.2 Å². The van der Waals surface area contributed by atoms with Crippen LogP contribution in [0.3, 0.4) is 0 Å². The maximum Gasteiger partial charge on any atom is 0.227 e. The topological polar surface area (TPSA) is 67.2 Å². The number of aryl methyl sites for hydroxylation is 2. The van der Waals surface area contributed by atoms with Crippen molar-refractivity contribution in [1.29, 1.82) is 0 Å². The third-order valence-corrected chi connectivity index (χ3v) is 5.18. The van der Waals surface area contributed by atoms with Gasteiger partial charge in [0, 0.05) is 37.9 Å². The SMILES string of the molecule is Cc1cc(C)n(-c2ccc(N3CCN(C(=O)Cc4ccc(F)cc4F)CC3)nn2)n1. The summed E-state index contributed by atoms with van der Waals surface area (Å²) in [6, 6.07) is 9.02. The highest BCUT2D eigenvalue weighted by atomic mass is 19.1. The van der Waals surface area contributed by atoms with E-state index in [0.29, 0.717) is 32.0 Å². The predicted octanol–water partition coefficient (Wildman–Crippen LogP) is 2.45. The second-order valence-corrected chi connectivity index (χ2v) is 7.37. The minimum atomic E-state index is -0.694. The smallest absolute Gasteiger partial charge is 0.227 e. The highest BCUT2D eigenvalue weighted by Crippen LogP contribution is 2.17. The van der Waals surface area contributed by atoms with E-state index in [9.17, 15) is 13.6 Å². The number of nitrogens with zero attached hydrogens (tertiary/aromatic N) is 6. The van der Waals surface area contributed by atoms with Crippen molar-refractivity contribution in [3.63, 3.8) is 0 Å². The first kappa shape index (κ1) is 19.9. The molecule has 7 nitrogen and oxygen atoms in total. The van der Waals surface area contributed by atoms with Crippen molar-refractivity contribution in [3.05, 3.63) is 65.0 Å². The Labute approximate surface area is 172 Å². The van der Waals surface area contributed by atoms with Gasteiger partial charge in [0.05, 0.1) is 12.1 Å². The van der Waals surface area contributed by atoms with Crippen molar-refractivity contribution in [1.82, 2.24) is 24.9 Å². The number of hydrogen-bond acceptors (Lipinski definition) is 5. The monoisotopic (exact) mass is 412 g/mol. The lowest BCUT2D eigenvalue weighted by Crippen LogP contribution is -2.49. The first-order valence-electron chi connectivity index (χ1n) is 9.75. The van der Waals surface area contributed by atoms with Crippen LogP contribution in [-0.4, -0.2) is 57.0 Å². The molecule has 1 aliphatic heterocycles. The predicted molar refractivity (Wildman–Crippen MR) is 107 cm³/mol. The van der Waals surface area contributed by atoms with Crippen LogP contribution >= 0.6 is 0 Å². The number of halogens is 2. The molecule has 9 heteroatoms. The molecule has 0 aliphatic carbocycles. The summed E-state index contributed by atoms with van der Waals surface area (Å²) >= 11 is 0. The van der Waals surface area contributed by atoms with Crippen LogP contribution in [0.2, 0.25) is 0 Å². The summed E-state index contributed by atoms with van der Waals surface area (Å²) < 4.78 is 28.6. The maximum absolute atomic E-state index is 13.8. The molecule has 1 saturated heterocycles. The molecule has 3 aromatic rings. The molecular weight excluding hydrogens is 390 g/mol. The molecule has 30 heavy (non-hydrogen) atoms. The third-order valence-electron chi connectivity index (χ3n) is 5.18. The zero-order valence-corrected chi connectivity index (χ0v) is 16.8. The molecule has 1 fully saturated rings. The molecule has 0 radical (unpaired) electrons. The molecule has 0 atom stereocenters. The zero-order chi connectivity index (χ0) is 21.3. The van der Waals surface area contributed by atoms with Gasteiger partial charge in [0.25, 0.3) is 0 Å². The average Bonchev–Trinajstić information content (AvgIpc) is 3.08. The summed E-state index contributed by atoms with van der Waals surface area (Å²) in [4.78, 5) is 16.2. The molecule has 1 aliphatic rings. The molecule has 2 aromatic heterocycles.